The fourth-order valence-corrected chi connectivity index (χ4v) is 0. The SMILES string of the molecule is Cl.[Ag].[BiH3].[CsH]. The molecule has 0 aromatic heterocycles. The Morgan fingerprint density at radius 3 is 1.00 bits per heavy atom. The second-order valence-corrected chi connectivity index (χ2v) is 0. The minimum atomic E-state index is 0. The molecule has 0 atom stereocenters. The molecule has 0 aromatic rings. The van der Waals surface area contributed by atoms with E-state index in [0.29, 0.717) is 0 Å². The zero-order chi connectivity index (χ0) is 0. The van der Waals surface area contributed by atoms with Gasteiger partial charge < -0.3 is 0 Å². The van der Waals surface area contributed by atoms with Gasteiger partial charge in [-0.1, -0.05) is 0 Å². The van der Waals surface area contributed by atoms with Crippen LogP contribution in [-0.4, -0.2) is 95.1 Å². The van der Waals surface area contributed by atoms with Crippen LogP contribution in [0.1, 0.15) is 0 Å². The average molecular weight is 490 g/mol. The Bertz CT molecular complexity index is 8.00. The van der Waals surface area contributed by atoms with Gasteiger partial charge in [0.05, 0.1) is 0 Å². The summed E-state index contributed by atoms with van der Waals surface area (Å²) in [5, 5.41) is 0. The molecule has 0 bridgehead atoms. The Morgan fingerprint density at radius 1 is 1.00 bits per heavy atom. The predicted molar refractivity (Wildman–Crippen MR) is 24.3 cm³/mol. The molecule has 0 heterocycles. The van der Waals surface area contributed by atoms with Crippen molar-refractivity contribution in [2.24, 2.45) is 0 Å². The van der Waals surface area contributed by atoms with Gasteiger partial charge in [0.2, 0.25) is 0 Å². The van der Waals surface area contributed by atoms with E-state index in [4.69, 9.17) is 0 Å². The molecule has 0 saturated carbocycles. The molecule has 0 N–H and O–H groups in total. The summed E-state index contributed by atoms with van der Waals surface area (Å²) < 4.78 is 0. The van der Waals surface area contributed by atoms with Gasteiger partial charge in [0.1, 0.15) is 0 Å². The van der Waals surface area contributed by atoms with Crippen LogP contribution in [-0.2, 0) is 22.4 Å². The standard InChI is InChI=1S/Ag.Bi.ClH.Cs.4H/h;;1H;;;;;. The Balaban J connectivity index is 0. The van der Waals surface area contributed by atoms with E-state index < -0.39 is 0 Å². The van der Waals surface area contributed by atoms with Crippen molar-refractivity contribution in [1.29, 1.82) is 0 Å². The number of halogens is 1. The molecule has 0 aromatic carbocycles. The van der Waals surface area contributed by atoms with Gasteiger partial charge in [0, 0.05) is 22.4 Å². The molecular formula is H5AgBiClCs. The van der Waals surface area contributed by atoms with Crippen molar-refractivity contribution in [2.75, 3.05) is 0 Å². The molecule has 0 aliphatic carbocycles. The molecule has 0 rings (SSSR count). The fraction of sp³-hybridized carbons (Fsp3) is 0. The Hall–Kier alpha value is 3.97. The van der Waals surface area contributed by atoms with Gasteiger partial charge in [-0.2, -0.15) is 0 Å². The van der Waals surface area contributed by atoms with E-state index in [1.807, 2.05) is 0 Å². The van der Waals surface area contributed by atoms with Gasteiger partial charge in [-0.25, -0.2) is 0 Å². The van der Waals surface area contributed by atoms with Gasteiger partial charge in [0.15, 0.2) is 0 Å². The first-order valence-electron chi connectivity index (χ1n) is 0. The van der Waals surface area contributed by atoms with Crippen LogP contribution in [0.2, 0.25) is 0 Å². The molecule has 4 heavy (non-hydrogen) atoms. The second-order valence-electron chi connectivity index (χ2n) is 0. The van der Waals surface area contributed by atoms with Crippen LogP contribution in [0.5, 0.6) is 0 Å². The van der Waals surface area contributed by atoms with E-state index in [-0.39, 0.29) is 130 Å². The van der Waals surface area contributed by atoms with E-state index in [0.717, 1.165) is 0 Å². The summed E-state index contributed by atoms with van der Waals surface area (Å²) in [5.74, 6) is 0. The molecule has 0 unspecified atom stereocenters. The molecular weight excluding hydrogens is 485 g/mol. The average Bonchev–Trinajstić information content (AvgIpc) is 0. The summed E-state index contributed by atoms with van der Waals surface area (Å²) in [6, 6.07) is 0. The van der Waals surface area contributed by atoms with Crippen LogP contribution >= 0.6 is 12.4 Å². The Labute approximate surface area is 126 Å². The van der Waals surface area contributed by atoms with Crippen LogP contribution in [0.3, 0.4) is 0 Å². The third-order valence-corrected chi connectivity index (χ3v) is 0. The van der Waals surface area contributed by atoms with Gasteiger partial charge in [0.25, 0.3) is 0 Å². The molecule has 0 spiro atoms. The first kappa shape index (κ1) is 24.6. The van der Waals surface area contributed by atoms with Crippen molar-refractivity contribution in [2.45, 2.75) is 0 Å². The van der Waals surface area contributed by atoms with Gasteiger partial charge >= 0.3 is 95.1 Å². The normalized spacial score (nSPS) is 0. The minimum absolute atomic E-state index is 0. The summed E-state index contributed by atoms with van der Waals surface area (Å²) in [5.41, 5.74) is 0. The van der Waals surface area contributed by atoms with Gasteiger partial charge in [-0.3, -0.25) is 0 Å². The molecule has 4 heteroatoms. The molecule has 29 valence electrons. The van der Waals surface area contributed by atoms with Crippen LogP contribution in [0.4, 0.5) is 0 Å². The third kappa shape index (κ3) is 9.35. The maximum atomic E-state index is 0. The first-order chi connectivity index (χ1) is 0. The van der Waals surface area contributed by atoms with Gasteiger partial charge in [-0.05, 0) is 0 Å². The fourth-order valence-electron chi connectivity index (χ4n) is 0. The summed E-state index contributed by atoms with van der Waals surface area (Å²) in [6.07, 6.45) is 0. The molecule has 0 nitrogen and oxygen atoms in total. The first-order valence-corrected chi connectivity index (χ1v) is 0. The van der Waals surface area contributed by atoms with Crippen molar-refractivity contribution in [3.63, 3.8) is 0 Å². The van der Waals surface area contributed by atoms with E-state index in [2.05, 4.69) is 0 Å². The second kappa shape index (κ2) is 15.8. The van der Waals surface area contributed by atoms with Crippen LogP contribution < -0.4 is 0 Å². The van der Waals surface area contributed by atoms with Crippen LogP contribution in [0, 0.1) is 0 Å². The quantitative estimate of drug-likeness (QED) is 0.367. The monoisotopic (exact) mass is 489 g/mol. The van der Waals surface area contributed by atoms with Crippen LogP contribution in [0.25, 0.3) is 0 Å². The summed E-state index contributed by atoms with van der Waals surface area (Å²) in [4.78, 5) is 0. The zero-order valence-corrected chi connectivity index (χ0v) is 9.21. The number of rotatable bonds is 0. The molecule has 0 saturated heterocycles. The molecule has 0 fully saturated rings. The number of hydrogen-bond donors (Lipinski definition) is 0. The van der Waals surface area contributed by atoms with E-state index in [1.165, 1.54) is 0 Å². The zero-order valence-electron chi connectivity index (χ0n) is 1.42. The maximum absolute atomic E-state index is 0. The van der Waals surface area contributed by atoms with Crippen molar-refractivity contribution >= 4 is 108 Å². The van der Waals surface area contributed by atoms with E-state index in [9.17, 15) is 0 Å². The Morgan fingerprint density at radius 2 is 1.00 bits per heavy atom. The van der Waals surface area contributed by atoms with Crippen molar-refractivity contribution in [3.05, 3.63) is 0 Å². The van der Waals surface area contributed by atoms with E-state index >= 15 is 0 Å². The van der Waals surface area contributed by atoms with Crippen molar-refractivity contribution in [1.82, 2.24) is 0 Å². The molecule has 1 radical (unpaired) electrons. The summed E-state index contributed by atoms with van der Waals surface area (Å²) >= 11 is 0. The van der Waals surface area contributed by atoms with Crippen LogP contribution in [0.15, 0.2) is 0 Å². The van der Waals surface area contributed by atoms with Crippen molar-refractivity contribution in [3.8, 4) is 0 Å². The molecule has 0 amide bonds. The summed E-state index contributed by atoms with van der Waals surface area (Å²) in [6.45, 7) is 0. The van der Waals surface area contributed by atoms with Crippen molar-refractivity contribution < 1.29 is 22.4 Å². The molecule has 0 aliphatic heterocycles. The number of hydrogen-bond acceptors (Lipinski definition) is 0. The summed E-state index contributed by atoms with van der Waals surface area (Å²) in [7, 11) is 0. The molecule has 0 aliphatic rings. The van der Waals surface area contributed by atoms with Gasteiger partial charge in [-0.15, -0.1) is 12.4 Å². The topological polar surface area (TPSA) is 0 Å². The third-order valence-electron chi connectivity index (χ3n) is 0. The van der Waals surface area contributed by atoms with E-state index in [1.54, 1.807) is 0 Å². The Kier molecular flexibility index (Phi) is 96.9. The predicted octanol–water partition coefficient (Wildman–Crippen LogP) is -1.41.